The molecule has 0 bridgehead atoms. The lowest BCUT2D eigenvalue weighted by Crippen LogP contribution is -1.96. The highest BCUT2D eigenvalue weighted by atomic mass is 19.1. The first kappa shape index (κ1) is 13.2. The van der Waals surface area contributed by atoms with Crippen LogP contribution in [0, 0.1) is 12.7 Å². The molecule has 0 radical (unpaired) electrons. The zero-order valence-electron chi connectivity index (χ0n) is 10.4. The van der Waals surface area contributed by atoms with Crippen LogP contribution >= 0.6 is 0 Å². The van der Waals surface area contributed by atoms with Gasteiger partial charge >= 0.3 is 5.97 Å². The minimum absolute atomic E-state index is 0.0523. The number of benzene rings is 1. The van der Waals surface area contributed by atoms with Crippen LogP contribution in [0.15, 0.2) is 22.7 Å². The van der Waals surface area contributed by atoms with Gasteiger partial charge in [0.25, 0.3) is 0 Å². The van der Waals surface area contributed by atoms with E-state index in [9.17, 15) is 9.18 Å². The van der Waals surface area contributed by atoms with Crippen LogP contribution in [0.1, 0.15) is 24.3 Å². The summed E-state index contributed by atoms with van der Waals surface area (Å²) in [5.41, 5.74) is 1.42. The quantitative estimate of drug-likeness (QED) is 0.898. The van der Waals surface area contributed by atoms with Gasteiger partial charge in [0.1, 0.15) is 5.82 Å². The highest BCUT2D eigenvalue weighted by molar-refractivity contribution is 5.66. The number of aromatic nitrogens is 2. The number of carbonyl (C=O) groups is 1. The Morgan fingerprint density at radius 3 is 3.00 bits per heavy atom. The summed E-state index contributed by atoms with van der Waals surface area (Å²) in [7, 11) is 0. The Bertz CT molecular complexity index is 595. The molecule has 100 valence electrons. The van der Waals surface area contributed by atoms with E-state index in [2.05, 4.69) is 10.1 Å². The van der Waals surface area contributed by atoms with Gasteiger partial charge in [0.2, 0.25) is 11.7 Å². The van der Waals surface area contributed by atoms with Gasteiger partial charge in [0, 0.05) is 18.4 Å². The number of carboxylic acid groups (broad SMARTS) is 1. The van der Waals surface area contributed by atoms with Gasteiger partial charge < -0.3 is 9.63 Å². The van der Waals surface area contributed by atoms with Crippen molar-refractivity contribution in [2.45, 2.75) is 26.2 Å². The van der Waals surface area contributed by atoms with Crippen LogP contribution in [0.25, 0.3) is 11.4 Å². The van der Waals surface area contributed by atoms with Crippen molar-refractivity contribution in [3.8, 4) is 11.4 Å². The molecule has 0 aliphatic heterocycles. The molecule has 1 aromatic carbocycles. The summed E-state index contributed by atoms with van der Waals surface area (Å²) in [4.78, 5) is 14.5. The number of carboxylic acids is 1. The Labute approximate surface area is 109 Å². The number of hydrogen-bond donors (Lipinski definition) is 1. The predicted molar refractivity (Wildman–Crippen MR) is 65.0 cm³/mol. The summed E-state index contributed by atoms with van der Waals surface area (Å²) in [5.74, 6) is -0.541. The molecule has 0 unspecified atom stereocenters. The third-order valence-corrected chi connectivity index (χ3v) is 2.69. The molecule has 1 N–H and O–H groups in total. The Morgan fingerprint density at radius 1 is 1.47 bits per heavy atom. The molecule has 6 heteroatoms. The molecule has 0 aliphatic carbocycles. The number of nitrogens with zero attached hydrogens (tertiary/aromatic N) is 2. The van der Waals surface area contributed by atoms with Crippen molar-refractivity contribution in [2.24, 2.45) is 0 Å². The summed E-state index contributed by atoms with van der Waals surface area (Å²) in [6, 6.07) is 4.36. The average molecular weight is 264 g/mol. The molecule has 0 fully saturated rings. The predicted octanol–water partition coefficient (Wildman–Crippen LogP) is 2.59. The van der Waals surface area contributed by atoms with Crippen LogP contribution in [0.5, 0.6) is 0 Å². The van der Waals surface area contributed by atoms with E-state index < -0.39 is 5.97 Å². The topological polar surface area (TPSA) is 76.2 Å². The molecule has 5 nitrogen and oxygen atoms in total. The molecule has 0 aliphatic rings. The van der Waals surface area contributed by atoms with Crippen LogP contribution < -0.4 is 0 Å². The molecule has 0 atom stereocenters. The van der Waals surface area contributed by atoms with E-state index in [1.807, 2.05) is 6.92 Å². The number of rotatable bonds is 5. The molecule has 0 saturated heterocycles. The second-order valence-corrected chi connectivity index (χ2v) is 4.22. The molecule has 19 heavy (non-hydrogen) atoms. The maximum absolute atomic E-state index is 13.2. The molecule has 2 rings (SSSR count). The largest absolute Gasteiger partial charge is 0.481 e. The number of aliphatic carboxylic acids is 1. The van der Waals surface area contributed by atoms with Gasteiger partial charge in [0.15, 0.2) is 0 Å². The maximum Gasteiger partial charge on any atom is 0.303 e. The van der Waals surface area contributed by atoms with Crippen LogP contribution in [0.2, 0.25) is 0 Å². The van der Waals surface area contributed by atoms with E-state index in [-0.39, 0.29) is 12.2 Å². The monoisotopic (exact) mass is 264 g/mol. The normalized spacial score (nSPS) is 10.6. The van der Waals surface area contributed by atoms with E-state index in [0.29, 0.717) is 30.1 Å². The minimum atomic E-state index is -0.860. The smallest absolute Gasteiger partial charge is 0.303 e. The Balaban J connectivity index is 2.12. The van der Waals surface area contributed by atoms with Gasteiger partial charge in [-0.05, 0) is 31.0 Å². The van der Waals surface area contributed by atoms with Crippen LogP contribution in [0.3, 0.4) is 0 Å². The first-order chi connectivity index (χ1) is 9.06. The van der Waals surface area contributed by atoms with Gasteiger partial charge in [-0.15, -0.1) is 0 Å². The fraction of sp³-hybridized carbons (Fsp3) is 0.308. The standard InChI is InChI=1S/C13H13FN2O3/c1-8-5-6-9(14)7-10(8)13-15-11(19-16-13)3-2-4-12(17)18/h5-7H,2-4H2,1H3,(H,17,18). The van der Waals surface area contributed by atoms with Gasteiger partial charge in [-0.25, -0.2) is 4.39 Å². The number of hydrogen-bond acceptors (Lipinski definition) is 4. The highest BCUT2D eigenvalue weighted by Gasteiger charge is 2.12. The first-order valence-corrected chi connectivity index (χ1v) is 5.87. The SMILES string of the molecule is Cc1ccc(F)cc1-c1noc(CCCC(=O)O)n1. The lowest BCUT2D eigenvalue weighted by atomic mass is 10.1. The maximum atomic E-state index is 13.2. The van der Waals surface area contributed by atoms with Crippen molar-refractivity contribution in [1.82, 2.24) is 10.1 Å². The molecule has 0 saturated carbocycles. The van der Waals surface area contributed by atoms with Crippen molar-refractivity contribution in [3.05, 3.63) is 35.5 Å². The van der Waals surface area contributed by atoms with E-state index >= 15 is 0 Å². The lowest BCUT2D eigenvalue weighted by molar-refractivity contribution is -0.137. The van der Waals surface area contributed by atoms with E-state index in [1.165, 1.54) is 12.1 Å². The Kier molecular flexibility index (Phi) is 3.89. The summed E-state index contributed by atoms with van der Waals surface area (Å²) in [6.07, 6.45) is 0.878. The fourth-order valence-electron chi connectivity index (χ4n) is 1.69. The zero-order valence-corrected chi connectivity index (χ0v) is 10.4. The Hall–Kier alpha value is -2.24. The van der Waals surface area contributed by atoms with Gasteiger partial charge in [-0.3, -0.25) is 4.79 Å². The zero-order chi connectivity index (χ0) is 13.8. The van der Waals surface area contributed by atoms with Gasteiger partial charge in [0.05, 0.1) is 0 Å². The summed E-state index contributed by atoms with van der Waals surface area (Å²) >= 11 is 0. The van der Waals surface area contributed by atoms with Crippen molar-refractivity contribution in [2.75, 3.05) is 0 Å². The second-order valence-electron chi connectivity index (χ2n) is 4.22. The second kappa shape index (κ2) is 5.60. The van der Waals surface area contributed by atoms with Crippen molar-refractivity contribution in [3.63, 3.8) is 0 Å². The lowest BCUT2D eigenvalue weighted by Gasteiger charge is -1.99. The van der Waals surface area contributed by atoms with Crippen molar-refractivity contribution in [1.29, 1.82) is 0 Å². The molecule has 0 amide bonds. The van der Waals surface area contributed by atoms with Gasteiger partial charge in [-0.1, -0.05) is 11.2 Å². The van der Waals surface area contributed by atoms with E-state index in [1.54, 1.807) is 6.07 Å². The van der Waals surface area contributed by atoms with Crippen molar-refractivity contribution >= 4 is 5.97 Å². The summed E-state index contributed by atoms with van der Waals surface area (Å²) < 4.78 is 18.2. The molecular formula is C13H13FN2O3. The van der Waals surface area contributed by atoms with Crippen LogP contribution in [-0.4, -0.2) is 21.2 Å². The number of aryl methyl sites for hydroxylation is 2. The summed E-state index contributed by atoms with van der Waals surface area (Å²) in [5, 5.41) is 12.3. The molecule has 2 aromatic rings. The third kappa shape index (κ3) is 3.37. The Morgan fingerprint density at radius 2 is 2.26 bits per heavy atom. The molecule has 0 spiro atoms. The average Bonchev–Trinajstić information content (AvgIpc) is 2.80. The highest BCUT2D eigenvalue weighted by Crippen LogP contribution is 2.21. The summed E-state index contributed by atoms with van der Waals surface area (Å²) in [6.45, 7) is 1.83. The fourth-order valence-corrected chi connectivity index (χ4v) is 1.69. The van der Waals surface area contributed by atoms with E-state index in [4.69, 9.17) is 9.63 Å². The van der Waals surface area contributed by atoms with Crippen molar-refractivity contribution < 1.29 is 18.8 Å². The first-order valence-electron chi connectivity index (χ1n) is 5.87. The molecular weight excluding hydrogens is 251 g/mol. The molecule has 1 heterocycles. The van der Waals surface area contributed by atoms with Crippen LogP contribution in [0.4, 0.5) is 4.39 Å². The van der Waals surface area contributed by atoms with Crippen LogP contribution in [-0.2, 0) is 11.2 Å². The third-order valence-electron chi connectivity index (χ3n) is 2.69. The number of halogens is 1. The van der Waals surface area contributed by atoms with Gasteiger partial charge in [-0.2, -0.15) is 4.98 Å². The minimum Gasteiger partial charge on any atom is -0.481 e. The molecule has 1 aromatic heterocycles. The van der Waals surface area contributed by atoms with E-state index in [0.717, 1.165) is 5.56 Å².